The summed E-state index contributed by atoms with van der Waals surface area (Å²) < 4.78 is 0. The Bertz CT molecular complexity index is 329. The van der Waals surface area contributed by atoms with Crippen LogP contribution >= 0.6 is 0 Å². The van der Waals surface area contributed by atoms with Crippen LogP contribution in [0.15, 0.2) is 0 Å². The number of carbonyl (C=O) groups is 1. The minimum atomic E-state index is -0.387. The average Bonchev–Trinajstić information content (AvgIpc) is 2.50. The van der Waals surface area contributed by atoms with Crippen LogP contribution in [0.5, 0.6) is 0 Å². The molecule has 0 unspecified atom stereocenters. The zero-order valence-electron chi connectivity index (χ0n) is 14.1. The fourth-order valence-corrected chi connectivity index (χ4v) is 3.73. The van der Waals surface area contributed by atoms with Crippen LogP contribution in [0.3, 0.4) is 0 Å². The molecule has 0 radical (unpaired) electrons. The van der Waals surface area contributed by atoms with Crippen molar-refractivity contribution in [3.63, 3.8) is 0 Å². The molecule has 2 rings (SSSR count). The standard InChI is InChI=1S/C17H33N3O/c1-4-5-14-6-8-15(9-7-14)19-16(21)17(2,3)20-12-10-18-11-13-20/h14-15,18H,4-13H2,1-3H3,(H,19,21). The van der Waals surface area contributed by atoms with Crippen molar-refractivity contribution in [2.75, 3.05) is 26.2 Å². The van der Waals surface area contributed by atoms with E-state index in [0.717, 1.165) is 44.9 Å². The highest BCUT2D eigenvalue weighted by atomic mass is 16.2. The Morgan fingerprint density at radius 2 is 1.81 bits per heavy atom. The molecule has 0 aromatic carbocycles. The minimum Gasteiger partial charge on any atom is -0.352 e. The van der Waals surface area contributed by atoms with Gasteiger partial charge in [0.05, 0.1) is 5.54 Å². The second-order valence-corrected chi connectivity index (χ2v) is 7.28. The van der Waals surface area contributed by atoms with Gasteiger partial charge < -0.3 is 10.6 Å². The molecule has 122 valence electrons. The summed E-state index contributed by atoms with van der Waals surface area (Å²) in [5, 5.41) is 6.67. The Morgan fingerprint density at radius 1 is 1.19 bits per heavy atom. The van der Waals surface area contributed by atoms with Gasteiger partial charge in [-0.3, -0.25) is 9.69 Å². The van der Waals surface area contributed by atoms with Gasteiger partial charge in [0.25, 0.3) is 0 Å². The molecular weight excluding hydrogens is 262 g/mol. The molecule has 4 heteroatoms. The summed E-state index contributed by atoms with van der Waals surface area (Å²) in [5.74, 6) is 1.10. The van der Waals surface area contributed by atoms with Gasteiger partial charge in [0.2, 0.25) is 5.91 Å². The first-order valence-electron chi connectivity index (χ1n) is 8.80. The normalized spacial score (nSPS) is 28.3. The quantitative estimate of drug-likeness (QED) is 0.817. The molecule has 0 spiro atoms. The molecule has 1 aliphatic heterocycles. The first kappa shape index (κ1) is 16.8. The fourth-order valence-electron chi connectivity index (χ4n) is 3.73. The number of hydrogen-bond donors (Lipinski definition) is 2. The average molecular weight is 295 g/mol. The van der Waals surface area contributed by atoms with Gasteiger partial charge in [0.1, 0.15) is 0 Å². The lowest BCUT2D eigenvalue weighted by atomic mass is 9.83. The molecule has 1 amide bonds. The zero-order valence-corrected chi connectivity index (χ0v) is 14.1. The molecule has 1 heterocycles. The van der Waals surface area contributed by atoms with E-state index >= 15 is 0 Å². The van der Waals surface area contributed by atoms with Crippen LogP contribution in [0.25, 0.3) is 0 Å². The van der Waals surface area contributed by atoms with Crippen molar-refractivity contribution in [1.82, 2.24) is 15.5 Å². The SMILES string of the molecule is CCCC1CCC(NC(=O)C(C)(C)N2CCNCC2)CC1. The summed E-state index contributed by atoms with van der Waals surface area (Å²) in [5.41, 5.74) is -0.387. The Kier molecular flexibility index (Phi) is 6.06. The first-order chi connectivity index (χ1) is 10.0. The molecule has 1 saturated heterocycles. The van der Waals surface area contributed by atoms with Crippen LogP contribution in [-0.2, 0) is 4.79 Å². The Balaban J connectivity index is 1.80. The molecule has 2 aliphatic rings. The lowest BCUT2D eigenvalue weighted by Crippen LogP contribution is -2.61. The number of nitrogens with one attached hydrogen (secondary N) is 2. The highest BCUT2D eigenvalue weighted by Gasteiger charge is 2.36. The fraction of sp³-hybridized carbons (Fsp3) is 0.941. The van der Waals surface area contributed by atoms with Gasteiger partial charge in [0, 0.05) is 32.2 Å². The smallest absolute Gasteiger partial charge is 0.240 e. The summed E-state index contributed by atoms with van der Waals surface area (Å²) in [7, 11) is 0. The second kappa shape index (κ2) is 7.59. The van der Waals surface area contributed by atoms with Crippen LogP contribution in [0, 0.1) is 5.92 Å². The van der Waals surface area contributed by atoms with E-state index in [1.54, 1.807) is 0 Å². The van der Waals surface area contributed by atoms with Crippen molar-refractivity contribution >= 4 is 5.91 Å². The van der Waals surface area contributed by atoms with Crippen LogP contribution in [0.1, 0.15) is 59.3 Å². The predicted octanol–water partition coefficient (Wildman–Crippen LogP) is 2.15. The van der Waals surface area contributed by atoms with Gasteiger partial charge in [-0.15, -0.1) is 0 Å². The van der Waals surface area contributed by atoms with Crippen molar-refractivity contribution in [3.05, 3.63) is 0 Å². The number of carbonyl (C=O) groups excluding carboxylic acids is 1. The zero-order chi connectivity index (χ0) is 15.3. The Labute approximate surface area is 130 Å². The predicted molar refractivity (Wildman–Crippen MR) is 87.3 cm³/mol. The molecule has 2 fully saturated rings. The van der Waals surface area contributed by atoms with Crippen LogP contribution in [-0.4, -0.2) is 48.6 Å². The molecule has 4 nitrogen and oxygen atoms in total. The minimum absolute atomic E-state index is 0.211. The van der Waals surface area contributed by atoms with Gasteiger partial charge in [-0.25, -0.2) is 0 Å². The van der Waals surface area contributed by atoms with Crippen molar-refractivity contribution in [3.8, 4) is 0 Å². The number of amides is 1. The maximum Gasteiger partial charge on any atom is 0.240 e. The van der Waals surface area contributed by atoms with Gasteiger partial charge in [-0.05, 0) is 45.4 Å². The summed E-state index contributed by atoms with van der Waals surface area (Å²) in [6.45, 7) is 10.3. The van der Waals surface area contributed by atoms with Gasteiger partial charge in [-0.2, -0.15) is 0 Å². The Hall–Kier alpha value is -0.610. The van der Waals surface area contributed by atoms with E-state index in [4.69, 9.17) is 0 Å². The number of hydrogen-bond acceptors (Lipinski definition) is 3. The molecule has 1 saturated carbocycles. The molecule has 0 aromatic heterocycles. The van der Waals surface area contributed by atoms with E-state index in [2.05, 4.69) is 36.3 Å². The second-order valence-electron chi connectivity index (χ2n) is 7.28. The molecule has 0 atom stereocenters. The molecule has 2 N–H and O–H groups in total. The summed E-state index contributed by atoms with van der Waals surface area (Å²) in [6, 6.07) is 0.396. The van der Waals surface area contributed by atoms with Crippen molar-refractivity contribution in [2.24, 2.45) is 5.92 Å². The van der Waals surface area contributed by atoms with E-state index in [1.807, 2.05) is 0 Å². The number of nitrogens with zero attached hydrogens (tertiary/aromatic N) is 1. The van der Waals surface area contributed by atoms with Crippen molar-refractivity contribution < 1.29 is 4.79 Å². The highest BCUT2D eigenvalue weighted by Crippen LogP contribution is 2.28. The van der Waals surface area contributed by atoms with Crippen molar-refractivity contribution in [2.45, 2.75) is 70.9 Å². The van der Waals surface area contributed by atoms with E-state index in [9.17, 15) is 4.79 Å². The first-order valence-corrected chi connectivity index (χ1v) is 8.80. The van der Waals surface area contributed by atoms with Crippen LogP contribution < -0.4 is 10.6 Å². The maximum atomic E-state index is 12.7. The van der Waals surface area contributed by atoms with Gasteiger partial charge in [0.15, 0.2) is 0 Å². The molecule has 0 bridgehead atoms. The third-order valence-electron chi connectivity index (χ3n) is 5.34. The topological polar surface area (TPSA) is 44.4 Å². The maximum absolute atomic E-state index is 12.7. The van der Waals surface area contributed by atoms with Gasteiger partial charge in [-0.1, -0.05) is 19.8 Å². The summed E-state index contributed by atoms with van der Waals surface area (Å²) in [6.07, 6.45) is 7.53. The summed E-state index contributed by atoms with van der Waals surface area (Å²) >= 11 is 0. The largest absolute Gasteiger partial charge is 0.352 e. The third kappa shape index (κ3) is 4.43. The number of rotatable bonds is 5. The molecule has 0 aromatic rings. The van der Waals surface area contributed by atoms with Crippen LogP contribution in [0.2, 0.25) is 0 Å². The lowest BCUT2D eigenvalue weighted by molar-refractivity contribution is -0.133. The van der Waals surface area contributed by atoms with Crippen molar-refractivity contribution in [1.29, 1.82) is 0 Å². The van der Waals surface area contributed by atoms with E-state index in [1.165, 1.54) is 25.7 Å². The van der Waals surface area contributed by atoms with Crippen LogP contribution in [0.4, 0.5) is 0 Å². The van der Waals surface area contributed by atoms with E-state index in [0.29, 0.717) is 6.04 Å². The number of piperazine rings is 1. The Morgan fingerprint density at radius 3 is 2.38 bits per heavy atom. The lowest BCUT2D eigenvalue weighted by Gasteiger charge is -2.41. The molecule has 1 aliphatic carbocycles. The molecular formula is C17H33N3O. The van der Waals surface area contributed by atoms with E-state index < -0.39 is 0 Å². The van der Waals surface area contributed by atoms with E-state index in [-0.39, 0.29) is 11.4 Å². The van der Waals surface area contributed by atoms with Gasteiger partial charge >= 0.3 is 0 Å². The third-order valence-corrected chi connectivity index (χ3v) is 5.34. The molecule has 21 heavy (non-hydrogen) atoms. The summed E-state index contributed by atoms with van der Waals surface area (Å²) in [4.78, 5) is 15.0. The highest BCUT2D eigenvalue weighted by molar-refractivity contribution is 5.85. The monoisotopic (exact) mass is 295 g/mol.